The molecular formula is C16H12F4N4O2. The van der Waals surface area contributed by atoms with Gasteiger partial charge in [0, 0.05) is 24.0 Å². The largest absolute Gasteiger partial charge is 0.494 e. The van der Waals surface area contributed by atoms with Crippen molar-refractivity contribution in [1.82, 2.24) is 19.7 Å². The number of carbonyl (C=O) groups excluding carboxylic acids is 1. The van der Waals surface area contributed by atoms with Gasteiger partial charge in [0.2, 0.25) is 0 Å². The highest BCUT2D eigenvalue weighted by Crippen LogP contribution is 2.26. The van der Waals surface area contributed by atoms with Crippen molar-refractivity contribution >= 4 is 11.6 Å². The number of carbonyl (C=O) groups is 1. The quantitative estimate of drug-likeness (QED) is 0.719. The number of fused-ring (bicyclic) bond motifs is 1. The first-order valence-corrected chi connectivity index (χ1v) is 7.30. The second-order valence-electron chi connectivity index (χ2n) is 5.29. The minimum Gasteiger partial charge on any atom is -0.494 e. The molecule has 26 heavy (non-hydrogen) atoms. The summed E-state index contributed by atoms with van der Waals surface area (Å²) < 4.78 is 56.6. The third kappa shape index (κ3) is 3.58. The molecule has 1 N–H and O–H groups in total. The average Bonchev–Trinajstić information content (AvgIpc) is 3.01. The van der Waals surface area contributed by atoms with E-state index in [2.05, 4.69) is 9.97 Å². The van der Waals surface area contributed by atoms with Gasteiger partial charge in [0.25, 0.3) is 5.91 Å². The van der Waals surface area contributed by atoms with Crippen molar-refractivity contribution in [3.63, 3.8) is 0 Å². The fourth-order valence-electron chi connectivity index (χ4n) is 2.34. The molecule has 0 aliphatic rings. The standard InChI is InChI=1S/C16H12F4N4O2/c1-26-12-4-9(6-22-14(12)15(25)23-8-16(18,19)20)11-7-21-13-5-10(17)2-3-24(11)13/h2-7H,8H2,1H3,(H,23,25). The van der Waals surface area contributed by atoms with Crippen molar-refractivity contribution in [3.05, 3.63) is 48.3 Å². The van der Waals surface area contributed by atoms with Crippen LogP contribution in [0.2, 0.25) is 0 Å². The molecule has 0 aromatic carbocycles. The second kappa shape index (κ2) is 6.62. The fourth-order valence-corrected chi connectivity index (χ4v) is 2.34. The van der Waals surface area contributed by atoms with Gasteiger partial charge in [0.05, 0.1) is 19.0 Å². The highest BCUT2D eigenvalue weighted by Gasteiger charge is 2.29. The molecule has 3 heterocycles. The highest BCUT2D eigenvalue weighted by molar-refractivity contribution is 5.95. The Bertz CT molecular complexity index is 969. The number of halogens is 4. The third-order valence-electron chi connectivity index (χ3n) is 3.51. The Balaban J connectivity index is 1.94. The van der Waals surface area contributed by atoms with Crippen molar-refractivity contribution in [3.8, 4) is 17.0 Å². The number of nitrogens with zero attached hydrogens (tertiary/aromatic N) is 3. The van der Waals surface area contributed by atoms with Crippen molar-refractivity contribution in [2.24, 2.45) is 0 Å². The van der Waals surface area contributed by atoms with Gasteiger partial charge in [-0.05, 0) is 12.1 Å². The van der Waals surface area contributed by atoms with Crippen LogP contribution in [0.25, 0.3) is 16.9 Å². The zero-order valence-electron chi connectivity index (χ0n) is 13.3. The molecule has 0 bridgehead atoms. The number of nitrogens with one attached hydrogen (secondary N) is 1. The van der Waals surface area contributed by atoms with E-state index in [0.29, 0.717) is 16.9 Å². The molecular weight excluding hydrogens is 356 g/mol. The van der Waals surface area contributed by atoms with Gasteiger partial charge >= 0.3 is 6.18 Å². The van der Waals surface area contributed by atoms with Crippen LogP contribution in [-0.2, 0) is 0 Å². The molecule has 6 nitrogen and oxygen atoms in total. The molecule has 0 saturated heterocycles. The van der Waals surface area contributed by atoms with E-state index in [1.165, 1.54) is 43.9 Å². The van der Waals surface area contributed by atoms with E-state index in [0.717, 1.165) is 0 Å². The predicted molar refractivity (Wildman–Crippen MR) is 83.3 cm³/mol. The van der Waals surface area contributed by atoms with Gasteiger partial charge in [0.1, 0.15) is 18.0 Å². The van der Waals surface area contributed by atoms with Crippen molar-refractivity contribution in [1.29, 1.82) is 0 Å². The SMILES string of the molecule is COc1cc(-c2cnc3cc(F)ccn23)cnc1C(=O)NCC(F)(F)F. The van der Waals surface area contributed by atoms with Gasteiger partial charge in [-0.3, -0.25) is 9.20 Å². The van der Waals surface area contributed by atoms with Crippen LogP contribution in [0.3, 0.4) is 0 Å². The molecule has 0 fully saturated rings. The summed E-state index contributed by atoms with van der Waals surface area (Å²) in [6.45, 7) is -1.47. The number of hydrogen-bond donors (Lipinski definition) is 1. The Morgan fingerprint density at radius 3 is 2.73 bits per heavy atom. The fraction of sp³-hybridized carbons (Fsp3) is 0.188. The van der Waals surface area contributed by atoms with Gasteiger partial charge in [-0.2, -0.15) is 13.2 Å². The van der Waals surface area contributed by atoms with Crippen molar-refractivity contribution < 1.29 is 27.1 Å². The predicted octanol–water partition coefficient (Wildman–Crippen LogP) is 2.84. The minimum absolute atomic E-state index is 0.000707. The first kappa shape index (κ1) is 17.6. The van der Waals surface area contributed by atoms with Crippen LogP contribution in [0.4, 0.5) is 17.6 Å². The summed E-state index contributed by atoms with van der Waals surface area (Å²) >= 11 is 0. The highest BCUT2D eigenvalue weighted by atomic mass is 19.4. The molecule has 0 saturated carbocycles. The van der Waals surface area contributed by atoms with E-state index in [9.17, 15) is 22.4 Å². The summed E-state index contributed by atoms with van der Waals surface area (Å²) in [5.41, 5.74) is 1.13. The molecule has 0 spiro atoms. The van der Waals surface area contributed by atoms with Crippen LogP contribution >= 0.6 is 0 Å². The summed E-state index contributed by atoms with van der Waals surface area (Å²) in [5.74, 6) is -1.45. The first-order valence-electron chi connectivity index (χ1n) is 7.30. The number of alkyl halides is 3. The molecule has 3 aromatic heterocycles. The van der Waals surface area contributed by atoms with Crippen LogP contribution < -0.4 is 10.1 Å². The Kier molecular flexibility index (Phi) is 4.49. The molecule has 0 aliphatic heterocycles. The summed E-state index contributed by atoms with van der Waals surface area (Å²) in [6.07, 6.45) is -0.273. The van der Waals surface area contributed by atoms with Gasteiger partial charge < -0.3 is 10.1 Å². The van der Waals surface area contributed by atoms with E-state index in [1.54, 1.807) is 9.72 Å². The first-order chi connectivity index (χ1) is 12.3. The average molecular weight is 368 g/mol. The minimum atomic E-state index is -4.53. The molecule has 0 unspecified atom stereocenters. The molecule has 10 heteroatoms. The monoisotopic (exact) mass is 368 g/mol. The maximum atomic E-state index is 13.3. The normalized spacial score (nSPS) is 11.6. The van der Waals surface area contributed by atoms with E-state index >= 15 is 0 Å². The number of aromatic nitrogens is 3. The van der Waals surface area contributed by atoms with Gasteiger partial charge in [-0.25, -0.2) is 14.4 Å². The summed E-state index contributed by atoms with van der Waals surface area (Å²) in [7, 11) is 1.27. The number of amides is 1. The smallest absolute Gasteiger partial charge is 0.405 e. The lowest BCUT2D eigenvalue weighted by Gasteiger charge is -2.11. The third-order valence-corrected chi connectivity index (χ3v) is 3.51. The molecule has 3 aromatic rings. The summed E-state index contributed by atoms with van der Waals surface area (Å²) in [5, 5.41) is 1.74. The second-order valence-corrected chi connectivity index (χ2v) is 5.29. The molecule has 1 amide bonds. The number of methoxy groups -OCH3 is 1. The number of rotatable bonds is 4. The zero-order chi connectivity index (χ0) is 18.9. The Hall–Kier alpha value is -3.17. The van der Waals surface area contributed by atoms with E-state index in [4.69, 9.17) is 4.74 Å². The van der Waals surface area contributed by atoms with Crippen molar-refractivity contribution in [2.45, 2.75) is 6.18 Å². The van der Waals surface area contributed by atoms with Crippen LogP contribution in [0, 0.1) is 5.82 Å². The Labute approximate surface area is 144 Å². The summed E-state index contributed by atoms with van der Waals surface area (Å²) in [6, 6.07) is 3.94. The molecule has 0 aliphatic carbocycles. The van der Waals surface area contributed by atoms with Crippen molar-refractivity contribution in [2.75, 3.05) is 13.7 Å². The maximum Gasteiger partial charge on any atom is 0.405 e. The lowest BCUT2D eigenvalue weighted by atomic mass is 10.2. The topological polar surface area (TPSA) is 68.5 Å². The van der Waals surface area contributed by atoms with E-state index in [-0.39, 0.29) is 11.4 Å². The lowest BCUT2D eigenvalue weighted by molar-refractivity contribution is -0.123. The number of ether oxygens (including phenoxy) is 1. The Morgan fingerprint density at radius 1 is 1.27 bits per heavy atom. The van der Waals surface area contributed by atoms with Gasteiger partial charge in [0.15, 0.2) is 11.4 Å². The van der Waals surface area contributed by atoms with Gasteiger partial charge in [-0.15, -0.1) is 0 Å². The maximum absolute atomic E-state index is 13.3. The van der Waals surface area contributed by atoms with Crippen LogP contribution in [0.15, 0.2) is 36.8 Å². The number of hydrogen-bond acceptors (Lipinski definition) is 4. The molecule has 3 rings (SSSR count). The summed E-state index contributed by atoms with van der Waals surface area (Å²) in [4.78, 5) is 19.9. The van der Waals surface area contributed by atoms with Gasteiger partial charge in [-0.1, -0.05) is 0 Å². The molecule has 136 valence electrons. The number of imidazole rings is 1. The molecule has 0 atom stereocenters. The molecule has 0 radical (unpaired) electrons. The van der Waals surface area contributed by atoms with E-state index in [1.807, 2.05) is 0 Å². The van der Waals surface area contributed by atoms with Crippen LogP contribution in [0.1, 0.15) is 10.5 Å². The van der Waals surface area contributed by atoms with E-state index < -0.39 is 24.4 Å². The number of pyridine rings is 2. The Morgan fingerprint density at radius 2 is 2.04 bits per heavy atom. The lowest BCUT2D eigenvalue weighted by Crippen LogP contribution is -2.34. The zero-order valence-corrected chi connectivity index (χ0v) is 13.3. The van der Waals surface area contributed by atoms with Crippen LogP contribution in [0.5, 0.6) is 5.75 Å². The van der Waals surface area contributed by atoms with Crippen LogP contribution in [-0.4, -0.2) is 40.1 Å².